The number of rotatable bonds is 3. The van der Waals surface area contributed by atoms with E-state index >= 15 is 0 Å². The summed E-state index contributed by atoms with van der Waals surface area (Å²) in [7, 11) is 0. The van der Waals surface area contributed by atoms with Gasteiger partial charge < -0.3 is 0 Å². The number of amides is 1. The molecule has 0 atom stereocenters. The fourth-order valence-corrected chi connectivity index (χ4v) is 1.67. The van der Waals surface area contributed by atoms with Crippen LogP contribution in [0.25, 0.3) is 11.3 Å². The van der Waals surface area contributed by atoms with Crippen LogP contribution in [0.2, 0.25) is 0 Å². The molecule has 21 heavy (non-hydrogen) atoms. The van der Waals surface area contributed by atoms with E-state index in [0.29, 0.717) is 5.56 Å². The van der Waals surface area contributed by atoms with E-state index in [-0.39, 0.29) is 11.5 Å². The monoisotopic (exact) mass is 295 g/mol. The van der Waals surface area contributed by atoms with Crippen LogP contribution in [-0.2, 0) is 11.0 Å². The molecular formula is C14H12F3N3O. The molecule has 4 nitrogen and oxygen atoms in total. The van der Waals surface area contributed by atoms with Crippen molar-refractivity contribution in [1.82, 2.24) is 10.4 Å². The zero-order valence-corrected chi connectivity index (χ0v) is 11.0. The van der Waals surface area contributed by atoms with Crippen LogP contribution in [0.1, 0.15) is 12.5 Å². The van der Waals surface area contributed by atoms with Crippen LogP contribution < -0.4 is 10.9 Å². The standard InChI is InChI=1S/C14H12F3N3O/c1-9(21)19-20-13-8-11(14(15,16)17)7-12(18-13)10-5-3-2-4-6-10/h2-8H,1H3,(H,18,20)(H,19,21). The highest BCUT2D eigenvalue weighted by Crippen LogP contribution is 2.33. The number of nitrogens with one attached hydrogen (secondary N) is 2. The second kappa shape index (κ2) is 5.82. The second-order valence-electron chi connectivity index (χ2n) is 4.30. The highest BCUT2D eigenvalue weighted by molar-refractivity contribution is 5.74. The van der Waals surface area contributed by atoms with Gasteiger partial charge in [0.05, 0.1) is 11.3 Å². The molecule has 7 heteroatoms. The molecule has 0 fully saturated rings. The van der Waals surface area contributed by atoms with Gasteiger partial charge in [-0.25, -0.2) is 4.98 Å². The lowest BCUT2D eigenvalue weighted by Crippen LogP contribution is -2.27. The molecule has 0 saturated carbocycles. The number of aromatic nitrogens is 1. The number of hydrogen-bond donors (Lipinski definition) is 2. The SMILES string of the molecule is CC(=O)NNc1cc(C(F)(F)F)cc(-c2ccccc2)n1. The molecule has 0 unspecified atom stereocenters. The molecule has 0 aliphatic carbocycles. The summed E-state index contributed by atoms with van der Waals surface area (Å²) in [6, 6.07) is 10.3. The largest absolute Gasteiger partial charge is 0.416 e. The lowest BCUT2D eigenvalue weighted by atomic mass is 10.1. The molecule has 0 aliphatic rings. The maximum absolute atomic E-state index is 12.9. The number of alkyl halides is 3. The summed E-state index contributed by atoms with van der Waals surface area (Å²) in [5.74, 6) is -0.519. The molecule has 0 bridgehead atoms. The molecule has 0 spiro atoms. The van der Waals surface area contributed by atoms with Gasteiger partial charge in [0.1, 0.15) is 5.82 Å². The third-order valence-corrected chi connectivity index (χ3v) is 2.59. The van der Waals surface area contributed by atoms with Crippen LogP contribution in [0.4, 0.5) is 19.0 Å². The summed E-state index contributed by atoms with van der Waals surface area (Å²) in [6.07, 6.45) is -4.50. The van der Waals surface area contributed by atoms with Gasteiger partial charge in [-0.2, -0.15) is 13.2 Å². The van der Waals surface area contributed by atoms with Crippen molar-refractivity contribution in [1.29, 1.82) is 0 Å². The van der Waals surface area contributed by atoms with Crippen molar-refractivity contribution in [3.8, 4) is 11.3 Å². The van der Waals surface area contributed by atoms with E-state index in [1.54, 1.807) is 30.3 Å². The van der Waals surface area contributed by atoms with E-state index in [1.165, 1.54) is 6.92 Å². The zero-order valence-electron chi connectivity index (χ0n) is 11.0. The molecular weight excluding hydrogens is 283 g/mol. The van der Waals surface area contributed by atoms with Gasteiger partial charge in [0.2, 0.25) is 5.91 Å². The predicted molar refractivity (Wildman–Crippen MR) is 72.1 cm³/mol. The van der Waals surface area contributed by atoms with Crippen molar-refractivity contribution in [3.05, 3.63) is 48.0 Å². The van der Waals surface area contributed by atoms with E-state index in [4.69, 9.17) is 0 Å². The average Bonchev–Trinajstić information content (AvgIpc) is 2.45. The van der Waals surface area contributed by atoms with Crippen LogP contribution in [0.15, 0.2) is 42.5 Å². The number of carbonyl (C=O) groups excluding carboxylic acids is 1. The minimum atomic E-state index is -4.50. The minimum Gasteiger partial charge on any atom is -0.282 e. The fraction of sp³-hybridized carbons (Fsp3) is 0.143. The Morgan fingerprint density at radius 3 is 2.38 bits per heavy atom. The van der Waals surface area contributed by atoms with Crippen molar-refractivity contribution in [2.75, 3.05) is 5.43 Å². The number of halogens is 3. The second-order valence-corrected chi connectivity index (χ2v) is 4.30. The lowest BCUT2D eigenvalue weighted by molar-refractivity contribution is -0.137. The summed E-state index contributed by atoms with van der Waals surface area (Å²) in [5.41, 5.74) is 4.43. The minimum absolute atomic E-state index is 0.0844. The van der Waals surface area contributed by atoms with Gasteiger partial charge in [-0.3, -0.25) is 15.6 Å². The maximum Gasteiger partial charge on any atom is 0.416 e. The summed E-state index contributed by atoms with van der Waals surface area (Å²) >= 11 is 0. The van der Waals surface area contributed by atoms with Crippen LogP contribution in [-0.4, -0.2) is 10.9 Å². The fourth-order valence-electron chi connectivity index (χ4n) is 1.67. The van der Waals surface area contributed by atoms with E-state index in [2.05, 4.69) is 15.8 Å². The number of hydrogen-bond acceptors (Lipinski definition) is 3. The third kappa shape index (κ3) is 3.95. The molecule has 0 saturated heterocycles. The number of pyridine rings is 1. The Morgan fingerprint density at radius 1 is 1.14 bits per heavy atom. The summed E-state index contributed by atoms with van der Waals surface area (Å²) in [5, 5.41) is 0. The Morgan fingerprint density at radius 2 is 1.81 bits per heavy atom. The highest BCUT2D eigenvalue weighted by Gasteiger charge is 2.31. The molecule has 1 aromatic heterocycles. The Labute approximate surface area is 119 Å². The molecule has 2 aromatic rings. The smallest absolute Gasteiger partial charge is 0.282 e. The maximum atomic E-state index is 12.9. The normalized spacial score (nSPS) is 11.0. The van der Waals surface area contributed by atoms with Gasteiger partial charge >= 0.3 is 6.18 Å². The Balaban J connectivity index is 2.45. The number of anilines is 1. The first kappa shape index (κ1) is 14.8. The number of nitrogens with zero attached hydrogens (tertiary/aromatic N) is 1. The van der Waals surface area contributed by atoms with Crippen molar-refractivity contribution in [2.45, 2.75) is 13.1 Å². The third-order valence-electron chi connectivity index (χ3n) is 2.59. The molecule has 2 rings (SSSR count). The number of hydrazine groups is 1. The van der Waals surface area contributed by atoms with Gasteiger partial charge in [0.25, 0.3) is 0 Å². The van der Waals surface area contributed by atoms with Crippen molar-refractivity contribution in [3.63, 3.8) is 0 Å². The molecule has 0 aliphatic heterocycles. The Bertz CT molecular complexity index is 642. The van der Waals surface area contributed by atoms with Crippen LogP contribution in [0, 0.1) is 0 Å². The van der Waals surface area contributed by atoms with E-state index in [1.807, 2.05) is 0 Å². The first-order chi connectivity index (χ1) is 9.86. The predicted octanol–water partition coefficient (Wildman–Crippen LogP) is 3.23. The van der Waals surface area contributed by atoms with E-state index in [9.17, 15) is 18.0 Å². The average molecular weight is 295 g/mol. The summed E-state index contributed by atoms with van der Waals surface area (Å²) < 4.78 is 38.8. The highest BCUT2D eigenvalue weighted by atomic mass is 19.4. The van der Waals surface area contributed by atoms with Gasteiger partial charge in [-0.15, -0.1) is 0 Å². The Kier molecular flexibility index (Phi) is 4.11. The topological polar surface area (TPSA) is 54.0 Å². The van der Waals surface area contributed by atoms with Gasteiger partial charge in [-0.1, -0.05) is 30.3 Å². The van der Waals surface area contributed by atoms with E-state index < -0.39 is 17.6 Å². The number of benzene rings is 1. The quantitative estimate of drug-likeness (QED) is 0.855. The summed E-state index contributed by atoms with van der Waals surface area (Å²) in [6.45, 7) is 1.23. The first-order valence-corrected chi connectivity index (χ1v) is 6.03. The van der Waals surface area contributed by atoms with Crippen molar-refractivity contribution >= 4 is 11.7 Å². The molecule has 1 aromatic carbocycles. The van der Waals surface area contributed by atoms with Crippen molar-refractivity contribution in [2.24, 2.45) is 0 Å². The molecule has 1 heterocycles. The Hall–Kier alpha value is -2.57. The van der Waals surface area contributed by atoms with Crippen LogP contribution in [0.3, 0.4) is 0 Å². The van der Waals surface area contributed by atoms with Gasteiger partial charge in [-0.05, 0) is 12.1 Å². The zero-order chi connectivity index (χ0) is 15.5. The van der Waals surface area contributed by atoms with Crippen LogP contribution >= 0.6 is 0 Å². The van der Waals surface area contributed by atoms with Gasteiger partial charge in [0.15, 0.2) is 0 Å². The summed E-state index contributed by atoms with van der Waals surface area (Å²) in [4.78, 5) is 14.9. The van der Waals surface area contributed by atoms with Gasteiger partial charge in [0, 0.05) is 12.5 Å². The molecule has 110 valence electrons. The molecule has 2 N–H and O–H groups in total. The van der Waals surface area contributed by atoms with E-state index in [0.717, 1.165) is 12.1 Å². The molecule has 1 amide bonds. The van der Waals surface area contributed by atoms with Crippen molar-refractivity contribution < 1.29 is 18.0 Å². The van der Waals surface area contributed by atoms with Crippen LogP contribution in [0.5, 0.6) is 0 Å². The lowest BCUT2D eigenvalue weighted by Gasteiger charge is -2.13. The first-order valence-electron chi connectivity index (χ1n) is 6.03. The molecule has 0 radical (unpaired) electrons. The number of carbonyl (C=O) groups is 1.